The van der Waals surface area contributed by atoms with Crippen LogP contribution in [0.5, 0.6) is 0 Å². The fourth-order valence-electron chi connectivity index (χ4n) is 4.10. The molecule has 1 aromatic heterocycles. The van der Waals surface area contributed by atoms with Crippen molar-refractivity contribution in [1.29, 1.82) is 0 Å². The molecular formula is C23H14S. The highest BCUT2D eigenvalue weighted by atomic mass is 32.1. The highest BCUT2D eigenvalue weighted by molar-refractivity contribution is 7.25. The molecule has 0 radical (unpaired) electrons. The van der Waals surface area contributed by atoms with Crippen LogP contribution in [0.4, 0.5) is 0 Å². The van der Waals surface area contributed by atoms with Crippen LogP contribution >= 0.6 is 11.3 Å². The second kappa shape index (κ2) is 4.46. The highest BCUT2D eigenvalue weighted by Gasteiger charge is 2.21. The third kappa shape index (κ3) is 1.63. The van der Waals surface area contributed by atoms with E-state index in [2.05, 4.69) is 72.8 Å². The minimum absolute atomic E-state index is 1.06. The molecule has 5 aromatic rings. The average Bonchev–Trinajstić information content (AvgIpc) is 3.14. The minimum atomic E-state index is 1.06. The van der Waals surface area contributed by atoms with Crippen LogP contribution in [-0.4, -0.2) is 0 Å². The van der Waals surface area contributed by atoms with Crippen LogP contribution in [0, 0.1) is 0 Å². The Kier molecular flexibility index (Phi) is 2.37. The Morgan fingerprint density at radius 3 is 2.21 bits per heavy atom. The van der Waals surface area contributed by atoms with Crippen molar-refractivity contribution in [1.82, 2.24) is 0 Å². The van der Waals surface area contributed by atoms with Crippen molar-refractivity contribution in [3.8, 4) is 11.1 Å². The summed E-state index contributed by atoms with van der Waals surface area (Å²) in [6.45, 7) is 0. The Hall–Kier alpha value is -2.64. The zero-order valence-electron chi connectivity index (χ0n) is 13.0. The van der Waals surface area contributed by atoms with Crippen molar-refractivity contribution in [3.63, 3.8) is 0 Å². The summed E-state index contributed by atoms with van der Waals surface area (Å²) in [6, 6.07) is 27.0. The van der Waals surface area contributed by atoms with Crippen LogP contribution in [0.3, 0.4) is 0 Å². The summed E-state index contributed by atoms with van der Waals surface area (Å²) in [5.41, 5.74) is 5.78. The summed E-state index contributed by atoms with van der Waals surface area (Å²) >= 11 is 1.91. The SMILES string of the molecule is c1ccc2cc3c(cc2c1)Cc1cc2sc4ccccc4c2cc1-3. The summed E-state index contributed by atoms with van der Waals surface area (Å²) in [5, 5.41) is 5.46. The molecule has 0 amide bonds. The average molecular weight is 322 g/mol. The van der Waals surface area contributed by atoms with Gasteiger partial charge in [-0.2, -0.15) is 0 Å². The Morgan fingerprint density at radius 1 is 0.583 bits per heavy atom. The summed E-state index contributed by atoms with van der Waals surface area (Å²) < 4.78 is 2.79. The van der Waals surface area contributed by atoms with Gasteiger partial charge in [-0.1, -0.05) is 48.5 Å². The lowest BCUT2D eigenvalue weighted by Gasteiger charge is -2.04. The minimum Gasteiger partial charge on any atom is -0.135 e. The fraction of sp³-hybridized carbons (Fsp3) is 0.0435. The molecule has 0 bridgehead atoms. The van der Waals surface area contributed by atoms with Gasteiger partial charge in [0.2, 0.25) is 0 Å². The molecule has 4 aromatic carbocycles. The van der Waals surface area contributed by atoms with E-state index in [-0.39, 0.29) is 0 Å². The van der Waals surface area contributed by atoms with Crippen LogP contribution in [0.15, 0.2) is 72.8 Å². The van der Waals surface area contributed by atoms with E-state index in [1.807, 2.05) is 11.3 Å². The first-order valence-corrected chi connectivity index (χ1v) is 9.15. The molecule has 0 aliphatic heterocycles. The fourth-order valence-corrected chi connectivity index (χ4v) is 5.25. The first-order valence-electron chi connectivity index (χ1n) is 8.33. The summed E-state index contributed by atoms with van der Waals surface area (Å²) in [4.78, 5) is 0. The normalized spacial score (nSPS) is 12.8. The Bertz CT molecular complexity index is 1270. The van der Waals surface area contributed by atoms with Gasteiger partial charge in [-0.25, -0.2) is 0 Å². The standard InChI is InChI=1S/C23H14S/c1-2-6-15-11-19-16(9-14(15)5-1)10-17-12-23-21(13-20(17)19)18-7-3-4-8-22(18)24-23/h1-9,11-13H,10H2. The predicted octanol–water partition coefficient (Wildman–Crippen LogP) is 6.78. The van der Waals surface area contributed by atoms with Crippen LogP contribution < -0.4 is 0 Å². The van der Waals surface area contributed by atoms with Crippen molar-refractivity contribution in [2.45, 2.75) is 6.42 Å². The highest BCUT2D eigenvalue weighted by Crippen LogP contribution is 2.44. The lowest BCUT2D eigenvalue weighted by molar-refractivity contribution is 1.28. The van der Waals surface area contributed by atoms with Crippen molar-refractivity contribution in [2.24, 2.45) is 0 Å². The number of rotatable bonds is 0. The Morgan fingerprint density at radius 2 is 1.29 bits per heavy atom. The van der Waals surface area contributed by atoms with Gasteiger partial charge in [-0.15, -0.1) is 11.3 Å². The molecule has 0 fully saturated rings. The lowest BCUT2D eigenvalue weighted by atomic mass is 9.99. The van der Waals surface area contributed by atoms with Gasteiger partial charge < -0.3 is 0 Å². The van der Waals surface area contributed by atoms with Crippen molar-refractivity contribution in [3.05, 3.63) is 83.9 Å². The van der Waals surface area contributed by atoms with E-state index >= 15 is 0 Å². The molecule has 0 saturated carbocycles. The third-order valence-electron chi connectivity index (χ3n) is 5.25. The first-order chi connectivity index (χ1) is 11.9. The number of fused-ring (bicyclic) bond motifs is 7. The van der Waals surface area contributed by atoms with Crippen molar-refractivity contribution >= 4 is 42.3 Å². The van der Waals surface area contributed by atoms with E-state index in [1.165, 1.54) is 53.2 Å². The summed E-state index contributed by atoms with van der Waals surface area (Å²) in [5.74, 6) is 0. The number of benzene rings is 4. The van der Waals surface area contributed by atoms with E-state index in [0.29, 0.717) is 0 Å². The quantitative estimate of drug-likeness (QED) is 0.289. The van der Waals surface area contributed by atoms with Crippen LogP contribution in [0.25, 0.3) is 42.1 Å². The van der Waals surface area contributed by atoms with E-state index in [1.54, 1.807) is 0 Å². The van der Waals surface area contributed by atoms with E-state index in [9.17, 15) is 0 Å². The van der Waals surface area contributed by atoms with E-state index in [4.69, 9.17) is 0 Å². The van der Waals surface area contributed by atoms with Crippen molar-refractivity contribution < 1.29 is 0 Å². The maximum absolute atomic E-state index is 2.42. The van der Waals surface area contributed by atoms with Gasteiger partial charge in [-0.05, 0) is 63.7 Å². The van der Waals surface area contributed by atoms with Gasteiger partial charge in [0.15, 0.2) is 0 Å². The third-order valence-corrected chi connectivity index (χ3v) is 6.38. The first kappa shape index (κ1) is 12.7. The van der Waals surface area contributed by atoms with Gasteiger partial charge in [0.1, 0.15) is 0 Å². The molecule has 0 spiro atoms. The molecule has 0 atom stereocenters. The number of hydrogen-bond acceptors (Lipinski definition) is 1. The number of thiophene rings is 1. The molecular weight excluding hydrogens is 308 g/mol. The molecule has 0 saturated heterocycles. The lowest BCUT2D eigenvalue weighted by Crippen LogP contribution is -1.81. The van der Waals surface area contributed by atoms with Crippen LogP contribution in [-0.2, 0) is 6.42 Å². The van der Waals surface area contributed by atoms with E-state index < -0.39 is 0 Å². The smallest absolute Gasteiger partial charge is 0.0358 e. The molecule has 1 heteroatoms. The van der Waals surface area contributed by atoms with Crippen LogP contribution in [0.1, 0.15) is 11.1 Å². The van der Waals surface area contributed by atoms with Crippen LogP contribution in [0.2, 0.25) is 0 Å². The second-order valence-electron chi connectivity index (χ2n) is 6.64. The van der Waals surface area contributed by atoms with Crippen molar-refractivity contribution in [2.75, 3.05) is 0 Å². The topological polar surface area (TPSA) is 0 Å². The maximum Gasteiger partial charge on any atom is 0.0358 e. The monoisotopic (exact) mass is 322 g/mol. The zero-order valence-corrected chi connectivity index (χ0v) is 13.9. The molecule has 1 aliphatic rings. The molecule has 0 N–H and O–H groups in total. The van der Waals surface area contributed by atoms with Gasteiger partial charge >= 0.3 is 0 Å². The number of hydrogen-bond donors (Lipinski definition) is 0. The van der Waals surface area contributed by atoms with Gasteiger partial charge in [0, 0.05) is 20.2 Å². The summed E-state index contributed by atoms with van der Waals surface area (Å²) in [6.07, 6.45) is 1.06. The summed E-state index contributed by atoms with van der Waals surface area (Å²) in [7, 11) is 0. The molecule has 1 heterocycles. The molecule has 112 valence electrons. The zero-order chi connectivity index (χ0) is 15.7. The molecule has 1 aliphatic carbocycles. The second-order valence-corrected chi connectivity index (χ2v) is 7.72. The van der Waals surface area contributed by atoms with E-state index in [0.717, 1.165) is 6.42 Å². The van der Waals surface area contributed by atoms with Gasteiger partial charge in [0.05, 0.1) is 0 Å². The Balaban J connectivity index is 1.70. The van der Waals surface area contributed by atoms with Gasteiger partial charge in [0.25, 0.3) is 0 Å². The maximum atomic E-state index is 2.42. The molecule has 0 nitrogen and oxygen atoms in total. The van der Waals surface area contributed by atoms with Gasteiger partial charge in [-0.3, -0.25) is 0 Å². The predicted molar refractivity (Wildman–Crippen MR) is 105 cm³/mol. The molecule has 24 heavy (non-hydrogen) atoms. The molecule has 0 unspecified atom stereocenters. The Labute approximate surface area is 144 Å². The molecule has 6 rings (SSSR count). The largest absolute Gasteiger partial charge is 0.135 e.